The summed E-state index contributed by atoms with van der Waals surface area (Å²) < 4.78 is 5.60. The molecule has 1 heterocycles. The van der Waals surface area contributed by atoms with E-state index in [1.165, 1.54) is 5.56 Å². The van der Waals surface area contributed by atoms with Crippen molar-refractivity contribution in [3.63, 3.8) is 0 Å². The summed E-state index contributed by atoms with van der Waals surface area (Å²) in [6.45, 7) is 2.57. The number of hydrogen-bond donors (Lipinski definition) is 1. The van der Waals surface area contributed by atoms with Crippen LogP contribution < -0.4 is 10.1 Å². The first-order chi connectivity index (χ1) is 7.69. The maximum absolute atomic E-state index is 11.0. The summed E-state index contributed by atoms with van der Waals surface area (Å²) in [4.78, 5) is 11.0. The van der Waals surface area contributed by atoms with E-state index in [-0.39, 0.29) is 17.9 Å². The highest BCUT2D eigenvalue weighted by molar-refractivity contribution is 6.27. The van der Waals surface area contributed by atoms with Crippen molar-refractivity contribution in [2.45, 2.75) is 26.0 Å². The van der Waals surface area contributed by atoms with Crippen molar-refractivity contribution < 1.29 is 9.53 Å². The lowest BCUT2D eigenvalue weighted by atomic mass is 10.1. The summed E-state index contributed by atoms with van der Waals surface area (Å²) in [5, 5.41) is 2.74. The molecule has 86 valence electrons. The Morgan fingerprint density at radius 1 is 1.62 bits per heavy atom. The van der Waals surface area contributed by atoms with E-state index in [2.05, 4.69) is 18.3 Å². The van der Waals surface area contributed by atoms with Gasteiger partial charge in [0.25, 0.3) is 0 Å². The van der Waals surface area contributed by atoms with Crippen LogP contribution in [-0.4, -0.2) is 17.9 Å². The van der Waals surface area contributed by atoms with Gasteiger partial charge in [0.2, 0.25) is 5.91 Å². The first-order valence-electron chi connectivity index (χ1n) is 5.30. The number of carbonyl (C=O) groups is 1. The first kappa shape index (κ1) is 11.3. The second-order valence-electron chi connectivity index (χ2n) is 3.99. The number of amides is 1. The zero-order valence-corrected chi connectivity index (χ0v) is 9.88. The third-order valence-corrected chi connectivity index (χ3v) is 2.81. The molecule has 16 heavy (non-hydrogen) atoms. The Kier molecular flexibility index (Phi) is 3.34. The van der Waals surface area contributed by atoms with Crippen molar-refractivity contribution in [2.75, 3.05) is 5.88 Å². The van der Waals surface area contributed by atoms with E-state index in [4.69, 9.17) is 16.3 Å². The molecule has 0 unspecified atom stereocenters. The van der Waals surface area contributed by atoms with Crippen molar-refractivity contribution in [3.8, 4) is 5.75 Å². The molecular weight excluding hydrogens is 226 g/mol. The molecular formula is C12H14ClNO2. The van der Waals surface area contributed by atoms with Crippen LogP contribution in [0.25, 0.3) is 0 Å². The van der Waals surface area contributed by atoms with Crippen LogP contribution in [0, 0.1) is 0 Å². The number of rotatable bonds is 3. The minimum atomic E-state index is -0.146. The van der Waals surface area contributed by atoms with Gasteiger partial charge in [-0.15, -0.1) is 11.6 Å². The second kappa shape index (κ2) is 4.74. The molecule has 0 saturated carbocycles. The number of ether oxygens (including phenoxy) is 1. The molecule has 4 heteroatoms. The first-order valence-corrected chi connectivity index (χ1v) is 5.83. The number of halogens is 1. The van der Waals surface area contributed by atoms with Gasteiger partial charge < -0.3 is 10.1 Å². The Morgan fingerprint density at radius 3 is 3.19 bits per heavy atom. The van der Waals surface area contributed by atoms with E-state index in [1.807, 2.05) is 12.1 Å². The van der Waals surface area contributed by atoms with Crippen LogP contribution in [-0.2, 0) is 17.8 Å². The zero-order valence-electron chi connectivity index (χ0n) is 9.13. The molecule has 1 aromatic carbocycles. The predicted molar refractivity (Wildman–Crippen MR) is 62.8 cm³/mol. The Morgan fingerprint density at radius 2 is 2.44 bits per heavy atom. The summed E-state index contributed by atoms with van der Waals surface area (Å²) >= 11 is 5.40. The molecule has 0 radical (unpaired) electrons. The standard InChI is InChI=1S/C12H14ClNO2/c1-8-4-10-5-9(2-3-11(10)16-8)7-14-12(15)6-13/h2-3,5,8H,4,6-7H2,1H3,(H,14,15)/t8-/m0/s1. The SMILES string of the molecule is C[C@H]1Cc2cc(CNC(=O)CCl)ccc2O1. The number of fused-ring (bicyclic) bond motifs is 1. The molecule has 3 nitrogen and oxygen atoms in total. The van der Waals surface area contributed by atoms with Crippen molar-refractivity contribution in [2.24, 2.45) is 0 Å². The summed E-state index contributed by atoms with van der Waals surface area (Å²) in [6.07, 6.45) is 1.19. The fourth-order valence-corrected chi connectivity index (χ4v) is 1.93. The second-order valence-corrected chi connectivity index (χ2v) is 4.25. The Hall–Kier alpha value is -1.22. The van der Waals surface area contributed by atoms with Gasteiger partial charge in [0.05, 0.1) is 0 Å². The summed E-state index contributed by atoms with van der Waals surface area (Å²) in [5.41, 5.74) is 2.29. The molecule has 0 saturated heterocycles. The molecule has 1 amide bonds. The van der Waals surface area contributed by atoms with E-state index < -0.39 is 0 Å². The number of hydrogen-bond acceptors (Lipinski definition) is 2. The number of benzene rings is 1. The zero-order chi connectivity index (χ0) is 11.5. The van der Waals surface area contributed by atoms with E-state index in [0.29, 0.717) is 6.54 Å². The molecule has 1 aliphatic heterocycles. The fraction of sp³-hybridized carbons (Fsp3) is 0.417. The summed E-state index contributed by atoms with van der Waals surface area (Å²) in [6, 6.07) is 6.00. The molecule has 0 spiro atoms. The molecule has 0 bridgehead atoms. The van der Waals surface area contributed by atoms with Crippen LogP contribution in [0.3, 0.4) is 0 Å². The number of carbonyl (C=O) groups excluding carboxylic acids is 1. The number of nitrogens with one attached hydrogen (secondary N) is 1. The Labute approximate surface area is 99.7 Å². The molecule has 1 N–H and O–H groups in total. The molecule has 1 atom stereocenters. The van der Waals surface area contributed by atoms with Crippen LogP contribution >= 0.6 is 11.6 Å². The normalized spacial score (nSPS) is 17.8. The van der Waals surface area contributed by atoms with Gasteiger partial charge in [0.1, 0.15) is 17.7 Å². The predicted octanol–water partition coefficient (Wildman–Crippen LogP) is 1.86. The largest absolute Gasteiger partial charge is 0.490 e. The fourth-order valence-electron chi connectivity index (χ4n) is 1.83. The average Bonchev–Trinajstić information content (AvgIpc) is 2.65. The quantitative estimate of drug-likeness (QED) is 0.818. The van der Waals surface area contributed by atoms with Crippen molar-refractivity contribution in [3.05, 3.63) is 29.3 Å². The van der Waals surface area contributed by atoms with E-state index in [1.54, 1.807) is 0 Å². The average molecular weight is 240 g/mol. The molecule has 2 rings (SSSR count). The maximum atomic E-state index is 11.0. The van der Waals surface area contributed by atoms with Crippen LogP contribution in [0.2, 0.25) is 0 Å². The molecule has 0 fully saturated rings. The highest BCUT2D eigenvalue weighted by atomic mass is 35.5. The monoisotopic (exact) mass is 239 g/mol. The molecule has 1 aliphatic rings. The van der Waals surface area contributed by atoms with Crippen LogP contribution in [0.5, 0.6) is 5.75 Å². The van der Waals surface area contributed by atoms with Gasteiger partial charge in [0, 0.05) is 13.0 Å². The lowest BCUT2D eigenvalue weighted by molar-refractivity contribution is -0.118. The lowest BCUT2D eigenvalue weighted by Gasteiger charge is -2.05. The van der Waals surface area contributed by atoms with E-state index >= 15 is 0 Å². The lowest BCUT2D eigenvalue weighted by Crippen LogP contribution is -2.23. The van der Waals surface area contributed by atoms with Crippen molar-refractivity contribution in [1.82, 2.24) is 5.32 Å². The highest BCUT2D eigenvalue weighted by Gasteiger charge is 2.18. The van der Waals surface area contributed by atoms with Gasteiger partial charge in [-0.2, -0.15) is 0 Å². The Bertz CT molecular complexity index is 406. The number of alkyl halides is 1. The van der Waals surface area contributed by atoms with Gasteiger partial charge in [-0.3, -0.25) is 4.79 Å². The third kappa shape index (κ3) is 2.47. The van der Waals surface area contributed by atoms with Gasteiger partial charge in [0.15, 0.2) is 0 Å². The van der Waals surface area contributed by atoms with Gasteiger partial charge in [-0.1, -0.05) is 12.1 Å². The molecule has 0 aromatic heterocycles. The van der Waals surface area contributed by atoms with E-state index in [0.717, 1.165) is 17.7 Å². The Balaban J connectivity index is 2.02. The van der Waals surface area contributed by atoms with Crippen LogP contribution in [0.15, 0.2) is 18.2 Å². The molecule has 1 aromatic rings. The van der Waals surface area contributed by atoms with Crippen molar-refractivity contribution >= 4 is 17.5 Å². The van der Waals surface area contributed by atoms with Crippen LogP contribution in [0.1, 0.15) is 18.1 Å². The van der Waals surface area contributed by atoms with Gasteiger partial charge in [-0.05, 0) is 24.1 Å². The van der Waals surface area contributed by atoms with Crippen LogP contribution in [0.4, 0.5) is 0 Å². The maximum Gasteiger partial charge on any atom is 0.235 e. The van der Waals surface area contributed by atoms with Gasteiger partial charge >= 0.3 is 0 Å². The highest BCUT2D eigenvalue weighted by Crippen LogP contribution is 2.29. The summed E-state index contributed by atoms with van der Waals surface area (Å²) in [7, 11) is 0. The van der Waals surface area contributed by atoms with E-state index in [9.17, 15) is 4.79 Å². The smallest absolute Gasteiger partial charge is 0.235 e. The topological polar surface area (TPSA) is 38.3 Å². The van der Waals surface area contributed by atoms with Crippen molar-refractivity contribution in [1.29, 1.82) is 0 Å². The minimum Gasteiger partial charge on any atom is -0.490 e. The molecule has 0 aliphatic carbocycles. The third-order valence-electron chi connectivity index (χ3n) is 2.57. The summed E-state index contributed by atoms with van der Waals surface area (Å²) in [5.74, 6) is 0.817. The minimum absolute atomic E-state index is 0.00505. The van der Waals surface area contributed by atoms with Gasteiger partial charge in [-0.25, -0.2) is 0 Å².